The number of rotatable bonds is 4. The van der Waals surface area contributed by atoms with Crippen molar-refractivity contribution in [2.75, 3.05) is 0 Å². The first-order valence-electron chi connectivity index (χ1n) is 4.46. The van der Waals surface area contributed by atoms with Crippen molar-refractivity contribution in [2.24, 2.45) is 0 Å². The highest BCUT2D eigenvalue weighted by atomic mass is 33.1. The van der Waals surface area contributed by atoms with Gasteiger partial charge in [0.05, 0.1) is 0 Å². The van der Waals surface area contributed by atoms with Crippen molar-refractivity contribution < 1.29 is 22.7 Å². The molecule has 1 saturated heterocycles. The average Bonchev–Trinajstić information content (AvgIpc) is 2.41. The van der Waals surface area contributed by atoms with Gasteiger partial charge in [-0.15, -0.1) is 4.83 Å². The normalized spacial score (nSPS) is 26.3. The molecule has 10 heteroatoms. The van der Waals surface area contributed by atoms with E-state index in [4.69, 9.17) is 9.47 Å². The number of thiol groups is 1. The van der Waals surface area contributed by atoms with E-state index >= 15 is 0 Å². The second-order valence-corrected chi connectivity index (χ2v) is 7.01. The molecule has 7 nitrogen and oxygen atoms in total. The standard InChI is InChI=1S/C6H13BN2O5S2/c1-6(2,7)3-4(14-5(10)13-3)8-9-16(11,12)15/h3-4,8-9H,7H2,1-2H3,(H,11,12,15). The van der Waals surface area contributed by atoms with Crippen LogP contribution in [0.2, 0.25) is 5.31 Å². The molecule has 1 heterocycles. The van der Waals surface area contributed by atoms with Crippen molar-refractivity contribution in [1.82, 2.24) is 10.3 Å². The maximum atomic E-state index is 11.0. The SMILES string of the molecule is BC(C)(C)C1OC(=O)OC1NNS(=O)(=O)S. The van der Waals surface area contributed by atoms with Crippen LogP contribution in [0.4, 0.5) is 4.79 Å². The minimum Gasteiger partial charge on any atom is -0.426 e. The maximum Gasteiger partial charge on any atom is 0.510 e. The van der Waals surface area contributed by atoms with Crippen molar-refractivity contribution in [1.29, 1.82) is 0 Å². The van der Waals surface area contributed by atoms with Crippen molar-refractivity contribution >= 4 is 34.7 Å². The molecule has 1 rings (SSSR count). The van der Waals surface area contributed by atoms with Gasteiger partial charge in [0, 0.05) is 0 Å². The van der Waals surface area contributed by atoms with Gasteiger partial charge in [0.2, 0.25) is 6.23 Å². The molecule has 1 aliphatic heterocycles. The second kappa shape index (κ2) is 4.44. The molecular weight excluding hydrogens is 255 g/mol. The summed E-state index contributed by atoms with van der Waals surface area (Å²) in [4.78, 5) is 12.9. The van der Waals surface area contributed by atoms with Crippen LogP contribution in [0.5, 0.6) is 0 Å². The second-order valence-electron chi connectivity index (χ2n) is 4.41. The van der Waals surface area contributed by atoms with E-state index in [1.54, 1.807) is 0 Å². The highest BCUT2D eigenvalue weighted by molar-refractivity contribution is 8.62. The molecule has 16 heavy (non-hydrogen) atoms. The number of nitrogens with one attached hydrogen (secondary N) is 2. The largest absolute Gasteiger partial charge is 0.510 e. The Hall–Kier alpha value is -0.445. The number of hydrazine groups is 1. The summed E-state index contributed by atoms with van der Waals surface area (Å²) in [5, 5.41) is -0.383. The lowest BCUT2D eigenvalue weighted by molar-refractivity contribution is 0.0918. The van der Waals surface area contributed by atoms with E-state index in [1.807, 2.05) is 26.5 Å². The van der Waals surface area contributed by atoms with E-state index in [-0.39, 0.29) is 5.31 Å². The summed E-state index contributed by atoms with van der Waals surface area (Å²) in [6, 6.07) is 0. The molecule has 1 aliphatic rings. The van der Waals surface area contributed by atoms with Gasteiger partial charge in [-0.25, -0.2) is 10.2 Å². The molecule has 0 bridgehead atoms. The van der Waals surface area contributed by atoms with Crippen LogP contribution in [-0.2, 0) is 18.5 Å². The van der Waals surface area contributed by atoms with E-state index < -0.39 is 27.5 Å². The fraction of sp³-hybridized carbons (Fsp3) is 0.833. The van der Waals surface area contributed by atoms with Crippen LogP contribution in [0.3, 0.4) is 0 Å². The quantitative estimate of drug-likeness (QED) is 0.198. The minimum absolute atomic E-state index is 0.383. The summed E-state index contributed by atoms with van der Waals surface area (Å²) >= 11 is 3.27. The Balaban J connectivity index is 2.68. The molecule has 92 valence electrons. The molecule has 1 fully saturated rings. The molecule has 0 spiro atoms. The third-order valence-electron chi connectivity index (χ3n) is 1.91. The fourth-order valence-electron chi connectivity index (χ4n) is 1.23. The van der Waals surface area contributed by atoms with Crippen molar-refractivity contribution in [3.05, 3.63) is 0 Å². The van der Waals surface area contributed by atoms with Crippen LogP contribution in [0.25, 0.3) is 0 Å². The van der Waals surface area contributed by atoms with Gasteiger partial charge in [-0.2, -0.15) is 8.42 Å². The lowest BCUT2D eigenvalue weighted by Crippen LogP contribution is -2.50. The summed E-state index contributed by atoms with van der Waals surface area (Å²) in [5.74, 6) is 0. The topological polar surface area (TPSA) is 93.7 Å². The molecule has 0 amide bonds. The predicted octanol–water partition coefficient (Wildman–Crippen LogP) is -1.05. The van der Waals surface area contributed by atoms with Gasteiger partial charge in [0.1, 0.15) is 7.85 Å². The zero-order valence-corrected chi connectivity index (χ0v) is 10.8. The predicted molar refractivity (Wildman–Crippen MR) is 61.9 cm³/mol. The summed E-state index contributed by atoms with van der Waals surface area (Å²) in [5.41, 5.74) is 2.33. The smallest absolute Gasteiger partial charge is 0.426 e. The van der Waals surface area contributed by atoms with Gasteiger partial charge in [-0.1, -0.05) is 13.8 Å². The number of carbonyl (C=O) groups excluding carboxylic acids is 1. The summed E-state index contributed by atoms with van der Waals surface area (Å²) in [6.45, 7) is 3.67. The Kier molecular flexibility index (Phi) is 3.78. The zero-order chi connectivity index (χ0) is 12.6. The van der Waals surface area contributed by atoms with Crippen LogP contribution < -0.4 is 10.3 Å². The summed E-state index contributed by atoms with van der Waals surface area (Å²) in [7, 11) is -1.87. The maximum absolute atomic E-state index is 11.0. The number of hydrogen-bond donors (Lipinski definition) is 3. The molecule has 0 saturated carbocycles. The van der Waals surface area contributed by atoms with Crippen molar-refractivity contribution in [3.63, 3.8) is 0 Å². The molecule has 0 aromatic rings. The lowest BCUT2D eigenvalue weighted by Gasteiger charge is -2.27. The molecular formula is C6H13BN2O5S2. The van der Waals surface area contributed by atoms with Crippen molar-refractivity contribution in [3.8, 4) is 0 Å². The van der Waals surface area contributed by atoms with Gasteiger partial charge in [0.25, 0.3) is 9.06 Å². The summed E-state index contributed by atoms with van der Waals surface area (Å²) in [6.07, 6.45) is -2.31. The van der Waals surface area contributed by atoms with E-state index in [9.17, 15) is 13.2 Å². The molecule has 0 radical (unpaired) electrons. The van der Waals surface area contributed by atoms with Crippen LogP contribution in [0.15, 0.2) is 0 Å². The minimum atomic E-state index is -3.71. The molecule has 0 aromatic heterocycles. The average molecular weight is 268 g/mol. The Morgan fingerprint density at radius 3 is 2.44 bits per heavy atom. The number of carbonyl (C=O) groups is 1. The third-order valence-corrected chi connectivity index (χ3v) is 2.55. The fourth-order valence-corrected chi connectivity index (χ4v) is 1.65. The lowest BCUT2D eigenvalue weighted by atomic mass is 9.68. The first-order valence-corrected chi connectivity index (χ1v) is 7.00. The Morgan fingerprint density at radius 1 is 1.44 bits per heavy atom. The third kappa shape index (κ3) is 3.85. The van der Waals surface area contributed by atoms with Crippen LogP contribution in [0.1, 0.15) is 13.8 Å². The molecule has 2 atom stereocenters. The molecule has 0 aliphatic carbocycles. The Bertz CT molecular complexity index is 379. The highest BCUT2D eigenvalue weighted by Crippen LogP contribution is 2.33. The Morgan fingerprint density at radius 2 is 2.00 bits per heavy atom. The van der Waals surface area contributed by atoms with Crippen LogP contribution in [-0.4, -0.2) is 34.8 Å². The van der Waals surface area contributed by atoms with Gasteiger partial charge < -0.3 is 9.47 Å². The van der Waals surface area contributed by atoms with E-state index in [1.165, 1.54) is 0 Å². The van der Waals surface area contributed by atoms with E-state index in [0.29, 0.717) is 0 Å². The number of ether oxygens (including phenoxy) is 2. The molecule has 2 N–H and O–H groups in total. The van der Waals surface area contributed by atoms with Crippen molar-refractivity contribution in [2.45, 2.75) is 31.5 Å². The molecule has 2 unspecified atom stereocenters. The summed E-state index contributed by atoms with van der Waals surface area (Å²) < 4.78 is 31.2. The van der Waals surface area contributed by atoms with Crippen LogP contribution >= 0.6 is 11.7 Å². The Labute approximate surface area is 99.5 Å². The zero-order valence-electron chi connectivity index (χ0n) is 9.05. The first kappa shape index (κ1) is 13.6. The monoisotopic (exact) mass is 268 g/mol. The highest BCUT2D eigenvalue weighted by Gasteiger charge is 2.44. The van der Waals surface area contributed by atoms with Gasteiger partial charge in [-0.05, 0) is 17.0 Å². The van der Waals surface area contributed by atoms with E-state index in [2.05, 4.69) is 17.1 Å². The molecule has 0 aromatic carbocycles. The van der Waals surface area contributed by atoms with Crippen LogP contribution in [0, 0.1) is 0 Å². The van der Waals surface area contributed by atoms with Gasteiger partial charge in [-0.3, -0.25) is 0 Å². The number of cyclic esters (lactones) is 2. The van der Waals surface area contributed by atoms with E-state index in [0.717, 1.165) is 0 Å². The first-order chi connectivity index (χ1) is 7.09. The number of hydrogen-bond acceptors (Lipinski definition) is 6. The van der Waals surface area contributed by atoms with Gasteiger partial charge in [0.15, 0.2) is 6.10 Å². The van der Waals surface area contributed by atoms with Gasteiger partial charge >= 0.3 is 6.16 Å².